The number of anilines is 2. The zero-order chi connectivity index (χ0) is 16.1. The van der Waals surface area contributed by atoms with Crippen LogP contribution in [0.4, 0.5) is 11.4 Å². The van der Waals surface area contributed by atoms with Gasteiger partial charge >= 0.3 is 0 Å². The number of nitrogens with zero attached hydrogens (tertiary/aromatic N) is 1. The molecule has 2 aromatic rings. The predicted octanol–water partition coefficient (Wildman–Crippen LogP) is 3.86. The van der Waals surface area contributed by atoms with E-state index >= 15 is 0 Å². The summed E-state index contributed by atoms with van der Waals surface area (Å²) in [6.45, 7) is 5.02. The molecule has 1 heterocycles. The van der Waals surface area contributed by atoms with Crippen LogP contribution in [0.2, 0.25) is 0 Å². The Kier molecular flexibility index (Phi) is 5.19. The lowest BCUT2D eigenvalue weighted by Crippen LogP contribution is -2.36. The molecule has 1 atom stereocenters. The lowest BCUT2D eigenvalue weighted by atomic mass is 10.0. The summed E-state index contributed by atoms with van der Waals surface area (Å²) in [5.41, 5.74) is 3.80. The second-order valence-electron chi connectivity index (χ2n) is 6.43. The van der Waals surface area contributed by atoms with E-state index in [1.54, 1.807) is 0 Å². The van der Waals surface area contributed by atoms with Crippen LogP contribution in [0.1, 0.15) is 31.2 Å². The molecular weight excluding hydrogens is 284 g/mol. The van der Waals surface area contributed by atoms with Crippen molar-refractivity contribution >= 4 is 11.4 Å². The molecule has 0 radical (unpaired) electrons. The molecular formula is C20H26N2O. The van der Waals surface area contributed by atoms with Crippen LogP contribution < -0.4 is 10.2 Å². The molecule has 3 heteroatoms. The Bertz CT molecular complexity index is 606. The zero-order valence-corrected chi connectivity index (χ0v) is 13.8. The van der Waals surface area contributed by atoms with Gasteiger partial charge in [-0.3, -0.25) is 0 Å². The maximum Gasteiger partial charge on any atom is 0.0602 e. The highest BCUT2D eigenvalue weighted by Crippen LogP contribution is 2.29. The third kappa shape index (κ3) is 4.05. The Morgan fingerprint density at radius 3 is 2.43 bits per heavy atom. The van der Waals surface area contributed by atoms with Crippen molar-refractivity contribution in [2.75, 3.05) is 29.9 Å². The predicted molar refractivity (Wildman–Crippen MR) is 97.2 cm³/mol. The van der Waals surface area contributed by atoms with Crippen LogP contribution in [-0.4, -0.2) is 30.8 Å². The second-order valence-corrected chi connectivity index (χ2v) is 6.43. The molecule has 0 bridgehead atoms. The number of rotatable bonds is 5. The number of aliphatic hydroxyl groups excluding tert-OH is 1. The molecule has 3 nitrogen and oxygen atoms in total. The van der Waals surface area contributed by atoms with Crippen molar-refractivity contribution in [3.8, 4) is 0 Å². The first-order chi connectivity index (χ1) is 11.2. The van der Waals surface area contributed by atoms with Gasteiger partial charge in [0.25, 0.3) is 0 Å². The first-order valence-electron chi connectivity index (χ1n) is 8.55. The molecule has 122 valence electrons. The van der Waals surface area contributed by atoms with E-state index in [9.17, 15) is 5.11 Å². The molecule has 1 aliphatic heterocycles. The van der Waals surface area contributed by atoms with Crippen molar-refractivity contribution < 1.29 is 5.11 Å². The van der Waals surface area contributed by atoms with Gasteiger partial charge in [-0.15, -0.1) is 0 Å². The van der Waals surface area contributed by atoms with E-state index < -0.39 is 0 Å². The molecule has 0 saturated carbocycles. The molecule has 3 rings (SSSR count). The normalized spacial score (nSPS) is 17.0. The highest BCUT2D eigenvalue weighted by Gasteiger charge is 2.19. The van der Waals surface area contributed by atoms with Crippen LogP contribution in [0.15, 0.2) is 54.6 Å². The molecule has 1 unspecified atom stereocenters. The van der Waals surface area contributed by atoms with Crippen molar-refractivity contribution in [3.63, 3.8) is 0 Å². The number of nitrogens with one attached hydrogen (secondary N) is 1. The SMILES string of the molecule is CC(CNc1ccccc1N1CCC(O)CC1)c1ccccc1. The molecule has 0 aromatic heterocycles. The third-order valence-electron chi connectivity index (χ3n) is 4.68. The van der Waals surface area contributed by atoms with Gasteiger partial charge in [0.2, 0.25) is 0 Å². The molecule has 0 spiro atoms. The van der Waals surface area contributed by atoms with Crippen LogP contribution in [0.5, 0.6) is 0 Å². The van der Waals surface area contributed by atoms with E-state index in [0.29, 0.717) is 5.92 Å². The lowest BCUT2D eigenvalue weighted by molar-refractivity contribution is 0.145. The van der Waals surface area contributed by atoms with Gasteiger partial charge in [0.1, 0.15) is 0 Å². The van der Waals surface area contributed by atoms with Crippen molar-refractivity contribution in [2.24, 2.45) is 0 Å². The van der Waals surface area contributed by atoms with Crippen LogP contribution >= 0.6 is 0 Å². The minimum absolute atomic E-state index is 0.135. The molecule has 2 aromatic carbocycles. The van der Waals surface area contributed by atoms with Gasteiger partial charge in [0.05, 0.1) is 17.5 Å². The summed E-state index contributed by atoms with van der Waals surface area (Å²) in [5.74, 6) is 0.465. The minimum Gasteiger partial charge on any atom is -0.393 e. The van der Waals surface area contributed by atoms with Crippen molar-refractivity contribution in [2.45, 2.75) is 31.8 Å². The van der Waals surface area contributed by atoms with Crippen molar-refractivity contribution in [1.29, 1.82) is 0 Å². The summed E-state index contributed by atoms with van der Waals surface area (Å²) < 4.78 is 0. The van der Waals surface area contributed by atoms with E-state index in [4.69, 9.17) is 0 Å². The molecule has 1 aliphatic rings. The fourth-order valence-electron chi connectivity index (χ4n) is 3.17. The first kappa shape index (κ1) is 15.9. The van der Waals surface area contributed by atoms with Crippen LogP contribution in [0.3, 0.4) is 0 Å². The number of hydrogen-bond acceptors (Lipinski definition) is 3. The van der Waals surface area contributed by atoms with Gasteiger partial charge in [-0.1, -0.05) is 49.4 Å². The van der Waals surface area contributed by atoms with Gasteiger partial charge in [0, 0.05) is 19.6 Å². The largest absolute Gasteiger partial charge is 0.393 e. The van der Waals surface area contributed by atoms with Gasteiger partial charge in [-0.25, -0.2) is 0 Å². The Hall–Kier alpha value is -2.00. The molecule has 1 saturated heterocycles. The minimum atomic E-state index is -0.135. The number of benzene rings is 2. The van der Waals surface area contributed by atoms with Gasteiger partial charge in [-0.2, -0.15) is 0 Å². The van der Waals surface area contributed by atoms with Crippen molar-refractivity contribution in [1.82, 2.24) is 0 Å². The van der Waals surface area contributed by atoms with E-state index in [1.165, 1.54) is 16.9 Å². The van der Waals surface area contributed by atoms with Gasteiger partial charge in [-0.05, 0) is 36.5 Å². The average Bonchev–Trinajstić information content (AvgIpc) is 2.61. The maximum atomic E-state index is 9.70. The van der Waals surface area contributed by atoms with Gasteiger partial charge in [0.15, 0.2) is 0 Å². The molecule has 23 heavy (non-hydrogen) atoms. The van der Waals surface area contributed by atoms with E-state index in [-0.39, 0.29) is 6.10 Å². The Labute approximate surface area is 139 Å². The van der Waals surface area contributed by atoms with Crippen LogP contribution in [0, 0.1) is 0 Å². The van der Waals surface area contributed by atoms with Crippen molar-refractivity contribution in [3.05, 3.63) is 60.2 Å². The topological polar surface area (TPSA) is 35.5 Å². The summed E-state index contributed by atoms with van der Waals surface area (Å²) in [6.07, 6.45) is 1.58. The van der Waals surface area contributed by atoms with Gasteiger partial charge < -0.3 is 15.3 Å². The maximum absolute atomic E-state index is 9.70. The fourth-order valence-corrected chi connectivity index (χ4v) is 3.17. The highest BCUT2D eigenvalue weighted by atomic mass is 16.3. The zero-order valence-electron chi connectivity index (χ0n) is 13.8. The lowest BCUT2D eigenvalue weighted by Gasteiger charge is -2.33. The Balaban J connectivity index is 1.66. The van der Waals surface area contributed by atoms with E-state index in [2.05, 4.69) is 71.7 Å². The summed E-state index contributed by atoms with van der Waals surface area (Å²) >= 11 is 0. The highest BCUT2D eigenvalue weighted by molar-refractivity contribution is 5.70. The number of piperidine rings is 1. The monoisotopic (exact) mass is 310 g/mol. The summed E-state index contributed by atoms with van der Waals surface area (Å²) in [4.78, 5) is 2.38. The van der Waals surface area contributed by atoms with Crippen LogP contribution in [-0.2, 0) is 0 Å². The third-order valence-corrected chi connectivity index (χ3v) is 4.68. The van der Waals surface area contributed by atoms with E-state index in [0.717, 1.165) is 32.5 Å². The molecule has 0 amide bonds. The fraction of sp³-hybridized carbons (Fsp3) is 0.400. The summed E-state index contributed by atoms with van der Waals surface area (Å²) in [5, 5.41) is 13.3. The average molecular weight is 310 g/mol. The smallest absolute Gasteiger partial charge is 0.0602 e. The summed E-state index contributed by atoms with van der Waals surface area (Å²) in [6, 6.07) is 19.1. The Morgan fingerprint density at radius 1 is 1.04 bits per heavy atom. The van der Waals surface area contributed by atoms with Crippen LogP contribution in [0.25, 0.3) is 0 Å². The number of para-hydroxylation sites is 2. The van der Waals surface area contributed by atoms with E-state index in [1.807, 2.05) is 0 Å². The molecule has 2 N–H and O–H groups in total. The summed E-state index contributed by atoms with van der Waals surface area (Å²) in [7, 11) is 0. The second kappa shape index (κ2) is 7.51. The molecule has 1 fully saturated rings. The Morgan fingerprint density at radius 2 is 1.70 bits per heavy atom. The number of aliphatic hydroxyl groups is 1. The quantitative estimate of drug-likeness (QED) is 0.880. The molecule has 0 aliphatic carbocycles. The number of hydrogen-bond donors (Lipinski definition) is 2. The standard InChI is InChI=1S/C20H26N2O/c1-16(17-7-3-2-4-8-17)15-21-19-9-5-6-10-20(19)22-13-11-18(23)12-14-22/h2-10,16,18,21,23H,11-15H2,1H3. The first-order valence-corrected chi connectivity index (χ1v) is 8.55.